The number of rotatable bonds is 9. The number of aromatic nitrogens is 2. The molecule has 1 aromatic heterocycles. The van der Waals surface area contributed by atoms with Crippen LogP contribution in [0.5, 0.6) is 11.5 Å². The van der Waals surface area contributed by atoms with Gasteiger partial charge >= 0.3 is 0 Å². The Kier molecular flexibility index (Phi) is 8.19. The highest BCUT2D eigenvalue weighted by atomic mass is 16.5. The van der Waals surface area contributed by atoms with Crippen molar-refractivity contribution in [3.8, 4) is 11.5 Å². The third-order valence-corrected chi connectivity index (χ3v) is 7.07. The van der Waals surface area contributed by atoms with Crippen molar-refractivity contribution in [1.29, 1.82) is 0 Å². The van der Waals surface area contributed by atoms with Crippen molar-refractivity contribution in [3.63, 3.8) is 0 Å². The Hall–Kier alpha value is -3.06. The molecular formula is C29H40N4O3. The molecule has 0 bridgehead atoms. The zero-order valence-corrected chi connectivity index (χ0v) is 21.7. The number of hydrogen-bond donors (Lipinski definition) is 3. The van der Waals surface area contributed by atoms with E-state index in [1.54, 1.807) is 0 Å². The number of nitrogens with zero attached hydrogens (tertiary/aromatic N) is 2. The van der Waals surface area contributed by atoms with E-state index in [9.17, 15) is 9.90 Å². The molecule has 1 fully saturated rings. The monoisotopic (exact) mass is 492 g/mol. The minimum absolute atomic E-state index is 0.00715. The second-order valence-electron chi connectivity index (χ2n) is 11.3. The smallest absolute Gasteiger partial charge is 0.220 e. The standard InChI is InChI=1S/C29H40N4O3/c1-29(2,3)18-21(13-16-27(35)31-24-12-8-7-9-20(24)19-34)33-26-17-23(14-15-25(26)32-28(33)30)36-22-10-5-4-6-11-22/h4-6,10-11,14-15,17,20-21,24,34H,7-9,12-13,16,18-19H2,1-3H3,(H2,30,32)(H,31,35)/t20?,21-,24?/m0/s1. The van der Waals surface area contributed by atoms with E-state index in [1.165, 1.54) is 0 Å². The Morgan fingerprint density at radius 3 is 2.64 bits per heavy atom. The average Bonchev–Trinajstić information content (AvgIpc) is 3.17. The van der Waals surface area contributed by atoms with Crippen molar-refractivity contribution < 1.29 is 14.6 Å². The van der Waals surface area contributed by atoms with Gasteiger partial charge < -0.3 is 25.5 Å². The number of anilines is 1. The first-order valence-electron chi connectivity index (χ1n) is 13.1. The number of aliphatic hydroxyl groups is 1. The van der Waals surface area contributed by atoms with Gasteiger partial charge in [-0.1, -0.05) is 51.8 Å². The average molecular weight is 493 g/mol. The van der Waals surface area contributed by atoms with Crippen LogP contribution in [-0.2, 0) is 4.79 Å². The highest BCUT2D eigenvalue weighted by molar-refractivity contribution is 5.80. The zero-order valence-electron chi connectivity index (χ0n) is 21.7. The number of nitrogen functional groups attached to an aromatic ring is 1. The minimum atomic E-state index is 0.00715. The number of carbonyl (C=O) groups excluding carboxylic acids is 1. The van der Waals surface area contributed by atoms with E-state index in [0.29, 0.717) is 18.8 Å². The summed E-state index contributed by atoms with van der Waals surface area (Å²) < 4.78 is 8.14. The SMILES string of the molecule is CC(C)(C)C[C@H](CCC(=O)NC1CCCCC1CO)n1c(N)nc2ccc(Oc3ccccc3)cc21. The fourth-order valence-corrected chi connectivity index (χ4v) is 5.39. The molecule has 4 N–H and O–H groups in total. The van der Waals surface area contributed by atoms with E-state index >= 15 is 0 Å². The number of carbonyl (C=O) groups is 1. The minimum Gasteiger partial charge on any atom is -0.457 e. The molecular weight excluding hydrogens is 452 g/mol. The van der Waals surface area contributed by atoms with Crippen LogP contribution >= 0.6 is 0 Å². The molecule has 0 radical (unpaired) electrons. The third-order valence-electron chi connectivity index (χ3n) is 7.07. The molecule has 0 saturated heterocycles. The van der Waals surface area contributed by atoms with Gasteiger partial charge in [0.2, 0.25) is 11.9 Å². The summed E-state index contributed by atoms with van der Waals surface area (Å²) in [5, 5.41) is 12.9. The summed E-state index contributed by atoms with van der Waals surface area (Å²) >= 11 is 0. The highest BCUT2D eigenvalue weighted by Gasteiger charge is 2.28. The number of aliphatic hydroxyl groups excluding tert-OH is 1. The molecule has 3 aromatic rings. The van der Waals surface area contributed by atoms with Crippen LogP contribution in [0.1, 0.15) is 71.8 Å². The number of benzene rings is 2. The largest absolute Gasteiger partial charge is 0.457 e. The Bertz CT molecular complexity index is 1150. The molecule has 4 rings (SSSR count). The summed E-state index contributed by atoms with van der Waals surface area (Å²) in [6.45, 7) is 6.73. The van der Waals surface area contributed by atoms with Crippen LogP contribution in [0.25, 0.3) is 11.0 Å². The normalized spacial score (nSPS) is 19.2. The molecule has 0 spiro atoms. The lowest BCUT2D eigenvalue weighted by molar-refractivity contribution is -0.122. The van der Waals surface area contributed by atoms with Crippen LogP contribution in [0.4, 0.5) is 5.95 Å². The lowest BCUT2D eigenvalue weighted by atomic mass is 9.84. The number of para-hydroxylation sites is 1. The van der Waals surface area contributed by atoms with Crippen LogP contribution < -0.4 is 15.8 Å². The molecule has 1 aliphatic rings. The Morgan fingerprint density at radius 1 is 1.17 bits per heavy atom. The highest BCUT2D eigenvalue weighted by Crippen LogP contribution is 2.36. The van der Waals surface area contributed by atoms with Crippen molar-refractivity contribution in [3.05, 3.63) is 48.5 Å². The van der Waals surface area contributed by atoms with E-state index in [2.05, 4.69) is 35.6 Å². The molecule has 1 heterocycles. The van der Waals surface area contributed by atoms with Crippen molar-refractivity contribution in [2.24, 2.45) is 11.3 Å². The molecule has 36 heavy (non-hydrogen) atoms. The van der Waals surface area contributed by atoms with Crippen LogP contribution in [0, 0.1) is 11.3 Å². The summed E-state index contributed by atoms with van der Waals surface area (Å²) in [6.07, 6.45) is 6.02. The van der Waals surface area contributed by atoms with Gasteiger partial charge in [0, 0.05) is 37.1 Å². The number of nitrogens with one attached hydrogen (secondary N) is 1. The van der Waals surface area contributed by atoms with Gasteiger partial charge in [-0.05, 0) is 55.4 Å². The molecule has 1 aliphatic carbocycles. The number of fused-ring (bicyclic) bond motifs is 1. The second-order valence-corrected chi connectivity index (χ2v) is 11.3. The Labute approximate surface area is 214 Å². The topological polar surface area (TPSA) is 102 Å². The summed E-state index contributed by atoms with van der Waals surface area (Å²) in [5.41, 5.74) is 8.20. The van der Waals surface area contributed by atoms with Gasteiger partial charge in [-0.3, -0.25) is 4.79 Å². The van der Waals surface area contributed by atoms with Gasteiger partial charge in [-0.25, -0.2) is 4.98 Å². The van der Waals surface area contributed by atoms with Gasteiger partial charge in [-0.2, -0.15) is 0 Å². The van der Waals surface area contributed by atoms with E-state index in [0.717, 1.165) is 54.6 Å². The summed E-state index contributed by atoms with van der Waals surface area (Å²) in [5.74, 6) is 2.13. The number of hydrogen-bond acceptors (Lipinski definition) is 5. The maximum atomic E-state index is 12.9. The van der Waals surface area contributed by atoms with Crippen molar-refractivity contribution in [2.45, 2.75) is 77.8 Å². The number of nitrogens with two attached hydrogens (primary N) is 1. The Balaban J connectivity index is 1.55. The van der Waals surface area contributed by atoms with Gasteiger partial charge in [0.15, 0.2) is 0 Å². The molecule has 0 aliphatic heterocycles. The van der Waals surface area contributed by atoms with Crippen LogP contribution in [0.3, 0.4) is 0 Å². The molecule has 2 aromatic carbocycles. The number of amides is 1. The second kappa shape index (κ2) is 11.3. The quantitative estimate of drug-likeness (QED) is 0.348. The summed E-state index contributed by atoms with van der Waals surface area (Å²) in [4.78, 5) is 17.6. The van der Waals surface area contributed by atoms with E-state index in [-0.39, 0.29) is 35.9 Å². The van der Waals surface area contributed by atoms with Gasteiger partial charge in [0.05, 0.1) is 11.0 Å². The predicted molar refractivity (Wildman–Crippen MR) is 144 cm³/mol. The lowest BCUT2D eigenvalue weighted by Gasteiger charge is -2.31. The number of ether oxygens (including phenoxy) is 1. The zero-order chi connectivity index (χ0) is 25.7. The van der Waals surface area contributed by atoms with Crippen molar-refractivity contribution in [2.75, 3.05) is 12.3 Å². The number of imidazole rings is 1. The van der Waals surface area contributed by atoms with Crippen molar-refractivity contribution in [1.82, 2.24) is 14.9 Å². The third kappa shape index (κ3) is 6.58. The lowest BCUT2D eigenvalue weighted by Crippen LogP contribution is -2.43. The maximum absolute atomic E-state index is 12.9. The first-order chi connectivity index (χ1) is 17.2. The van der Waals surface area contributed by atoms with Gasteiger partial charge in [0.25, 0.3) is 0 Å². The maximum Gasteiger partial charge on any atom is 0.220 e. The fraction of sp³-hybridized carbons (Fsp3) is 0.517. The Morgan fingerprint density at radius 2 is 1.92 bits per heavy atom. The molecule has 1 saturated carbocycles. The molecule has 7 nitrogen and oxygen atoms in total. The van der Waals surface area contributed by atoms with Gasteiger partial charge in [0.1, 0.15) is 11.5 Å². The van der Waals surface area contributed by atoms with E-state index in [1.807, 2.05) is 48.5 Å². The van der Waals surface area contributed by atoms with E-state index < -0.39 is 0 Å². The molecule has 194 valence electrons. The molecule has 2 unspecified atom stereocenters. The summed E-state index contributed by atoms with van der Waals surface area (Å²) in [6, 6.07) is 15.6. The van der Waals surface area contributed by atoms with Crippen LogP contribution in [0.15, 0.2) is 48.5 Å². The first kappa shape index (κ1) is 26.0. The van der Waals surface area contributed by atoms with Crippen molar-refractivity contribution >= 4 is 22.9 Å². The van der Waals surface area contributed by atoms with Crippen LogP contribution in [0.2, 0.25) is 0 Å². The predicted octanol–water partition coefficient (Wildman–Crippen LogP) is 5.84. The van der Waals surface area contributed by atoms with Gasteiger partial charge in [-0.15, -0.1) is 0 Å². The first-order valence-corrected chi connectivity index (χ1v) is 13.1. The molecule has 7 heteroatoms. The molecule has 1 amide bonds. The molecule has 3 atom stereocenters. The van der Waals surface area contributed by atoms with E-state index in [4.69, 9.17) is 10.5 Å². The van der Waals surface area contributed by atoms with Crippen LogP contribution in [-0.4, -0.2) is 33.2 Å². The fourth-order valence-electron chi connectivity index (χ4n) is 5.39. The summed E-state index contributed by atoms with van der Waals surface area (Å²) in [7, 11) is 0.